The lowest BCUT2D eigenvalue weighted by Gasteiger charge is -2.36. The Morgan fingerprint density at radius 3 is 2.57 bits per heavy atom. The molecular weight excluding hydrogens is 362 g/mol. The van der Waals surface area contributed by atoms with Gasteiger partial charge in [-0.15, -0.1) is 0 Å². The maximum Gasteiger partial charge on any atom is 0.329 e. The SMILES string of the molecule is CC1CCC(NC(=O)CCC(=O)N2CC(=O)Nc3ccccc32)(C(=O)O)CC1. The molecule has 2 aliphatic rings. The zero-order chi connectivity index (χ0) is 20.3. The molecule has 3 rings (SSSR count). The van der Waals surface area contributed by atoms with E-state index >= 15 is 0 Å². The fraction of sp³-hybridized carbons (Fsp3) is 0.500. The predicted octanol–water partition coefficient (Wildman–Crippen LogP) is 1.90. The van der Waals surface area contributed by atoms with E-state index in [1.807, 2.05) is 0 Å². The van der Waals surface area contributed by atoms with E-state index in [1.54, 1.807) is 24.3 Å². The summed E-state index contributed by atoms with van der Waals surface area (Å²) in [6, 6.07) is 6.97. The molecule has 0 aromatic heterocycles. The van der Waals surface area contributed by atoms with Crippen LogP contribution in [-0.4, -0.2) is 40.9 Å². The van der Waals surface area contributed by atoms with Crippen LogP contribution in [0.3, 0.4) is 0 Å². The molecule has 0 spiro atoms. The predicted molar refractivity (Wildman–Crippen MR) is 103 cm³/mol. The number of nitrogens with zero attached hydrogens (tertiary/aromatic N) is 1. The molecule has 8 heteroatoms. The van der Waals surface area contributed by atoms with E-state index in [1.165, 1.54) is 4.90 Å². The maximum absolute atomic E-state index is 12.6. The Morgan fingerprint density at radius 2 is 1.89 bits per heavy atom. The van der Waals surface area contributed by atoms with Crippen molar-refractivity contribution in [1.29, 1.82) is 0 Å². The molecule has 0 unspecified atom stereocenters. The Balaban J connectivity index is 1.61. The van der Waals surface area contributed by atoms with Crippen LogP contribution in [-0.2, 0) is 19.2 Å². The van der Waals surface area contributed by atoms with Crippen LogP contribution in [0, 0.1) is 5.92 Å². The monoisotopic (exact) mass is 387 g/mol. The van der Waals surface area contributed by atoms with E-state index < -0.39 is 17.4 Å². The van der Waals surface area contributed by atoms with Gasteiger partial charge in [-0.3, -0.25) is 14.4 Å². The van der Waals surface area contributed by atoms with Gasteiger partial charge in [0, 0.05) is 12.8 Å². The number of hydrogen-bond donors (Lipinski definition) is 3. The molecule has 0 radical (unpaired) electrons. The van der Waals surface area contributed by atoms with Crippen molar-refractivity contribution in [1.82, 2.24) is 5.32 Å². The van der Waals surface area contributed by atoms with Crippen LogP contribution in [0.1, 0.15) is 45.4 Å². The number of rotatable bonds is 5. The highest BCUT2D eigenvalue weighted by Gasteiger charge is 2.42. The molecule has 1 aliphatic carbocycles. The number of nitrogens with one attached hydrogen (secondary N) is 2. The summed E-state index contributed by atoms with van der Waals surface area (Å²) in [4.78, 5) is 49.9. The number of fused-ring (bicyclic) bond motifs is 1. The minimum atomic E-state index is -1.25. The van der Waals surface area contributed by atoms with Crippen molar-refractivity contribution in [3.8, 4) is 0 Å². The largest absolute Gasteiger partial charge is 0.480 e. The molecule has 3 amide bonds. The molecule has 28 heavy (non-hydrogen) atoms. The number of aliphatic carboxylic acids is 1. The minimum absolute atomic E-state index is 0.0977. The van der Waals surface area contributed by atoms with Crippen molar-refractivity contribution in [2.24, 2.45) is 5.92 Å². The van der Waals surface area contributed by atoms with Crippen molar-refractivity contribution in [3.05, 3.63) is 24.3 Å². The Morgan fingerprint density at radius 1 is 1.21 bits per heavy atom. The van der Waals surface area contributed by atoms with Gasteiger partial charge in [0.25, 0.3) is 0 Å². The van der Waals surface area contributed by atoms with Gasteiger partial charge >= 0.3 is 5.97 Å². The van der Waals surface area contributed by atoms with E-state index in [0.29, 0.717) is 30.1 Å². The van der Waals surface area contributed by atoms with E-state index in [-0.39, 0.29) is 31.2 Å². The number of carbonyl (C=O) groups excluding carboxylic acids is 3. The fourth-order valence-electron chi connectivity index (χ4n) is 3.79. The van der Waals surface area contributed by atoms with Crippen molar-refractivity contribution in [3.63, 3.8) is 0 Å². The summed E-state index contributed by atoms with van der Waals surface area (Å²) >= 11 is 0. The number of hydrogen-bond acceptors (Lipinski definition) is 4. The number of amides is 3. The number of carbonyl (C=O) groups is 4. The van der Waals surface area contributed by atoms with Gasteiger partial charge in [-0.1, -0.05) is 19.1 Å². The molecule has 3 N–H and O–H groups in total. The van der Waals surface area contributed by atoms with E-state index in [2.05, 4.69) is 17.6 Å². The van der Waals surface area contributed by atoms with Crippen LogP contribution < -0.4 is 15.5 Å². The molecule has 1 saturated carbocycles. The number of carboxylic acid groups (broad SMARTS) is 1. The molecule has 150 valence electrons. The highest BCUT2D eigenvalue weighted by molar-refractivity contribution is 6.10. The summed E-state index contributed by atoms with van der Waals surface area (Å²) in [6.07, 6.45) is 2.05. The smallest absolute Gasteiger partial charge is 0.329 e. The third-order valence-electron chi connectivity index (χ3n) is 5.55. The first-order chi connectivity index (χ1) is 13.3. The molecule has 1 aliphatic heterocycles. The molecular formula is C20H25N3O5. The third-order valence-corrected chi connectivity index (χ3v) is 5.55. The Kier molecular flexibility index (Phi) is 5.67. The van der Waals surface area contributed by atoms with Gasteiger partial charge in [-0.05, 0) is 43.7 Å². The second kappa shape index (κ2) is 8.00. The zero-order valence-corrected chi connectivity index (χ0v) is 15.9. The van der Waals surface area contributed by atoms with Crippen molar-refractivity contribution >= 4 is 35.1 Å². The molecule has 1 heterocycles. The zero-order valence-electron chi connectivity index (χ0n) is 15.9. The first-order valence-electron chi connectivity index (χ1n) is 9.54. The van der Waals surface area contributed by atoms with Crippen LogP contribution in [0.15, 0.2) is 24.3 Å². The minimum Gasteiger partial charge on any atom is -0.480 e. The van der Waals surface area contributed by atoms with Crippen LogP contribution in [0.4, 0.5) is 11.4 Å². The van der Waals surface area contributed by atoms with E-state index in [9.17, 15) is 24.3 Å². The summed E-state index contributed by atoms with van der Waals surface area (Å²) in [5.41, 5.74) is -0.0990. The molecule has 8 nitrogen and oxygen atoms in total. The van der Waals surface area contributed by atoms with E-state index in [4.69, 9.17) is 0 Å². The van der Waals surface area contributed by atoms with Crippen LogP contribution in [0.5, 0.6) is 0 Å². The highest BCUT2D eigenvalue weighted by atomic mass is 16.4. The first-order valence-corrected chi connectivity index (χ1v) is 9.54. The molecule has 1 fully saturated rings. The van der Waals surface area contributed by atoms with Crippen molar-refractivity contribution in [2.45, 2.75) is 51.0 Å². The number of benzene rings is 1. The average Bonchev–Trinajstić information content (AvgIpc) is 2.67. The Labute approximate surface area is 163 Å². The Hall–Kier alpha value is -2.90. The number of carboxylic acids is 1. The normalized spacial score (nSPS) is 24.1. The van der Waals surface area contributed by atoms with Crippen LogP contribution >= 0.6 is 0 Å². The van der Waals surface area contributed by atoms with Crippen LogP contribution in [0.25, 0.3) is 0 Å². The van der Waals surface area contributed by atoms with Gasteiger partial charge in [0.05, 0.1) is 11.4 Å². The first kappa shape index (κ1) is 19.9. The molecule has 0 saturated heterocycles. The summed E-state index contributed by atoms with van der Waals surface area (Å²) in [7, 11) is 0. The molecule has 1 aromatic carbocycles. The fourth-order valence-corrected chi connectivity index (χ4v) is 3.79. The Bertz CT molecular complexity index is 799. The summed E-state index contributed by atoms with van der Waals surface area (Å²) < 4.78 is 0. The molecule has 1 aromatic rings. The highest BCUT2D eigenvalue weighted by Crippen LogP contribution is 2.32. The summed E-state index contributed by atoms with van der Waals surface area (Å²) in [5.74, 6) is -1.69. The van der Waals surface area contributed by atoms with Gasteiger partial charge in [-0.25, -0.2) is 4.79 Å². The third kappa shape index (κ3) is 4.16. The number of anilines is 2. The average molecular weight is 387 g/mol. The molecule has 0 bridgehead atoms. The summed E-state index contributed by atoms with van der Waals surface area (Å²) in [5, 5.41) is 15.0. The quantitative estimate of drug-likeness (QED) is 0.714. The standard InChI is InChI=1S/C20H25N3O5/c1-13-8-10-20(11-9-13,19(27)28)22-16(24)6-7-18(26)23-12-17(25)21-14-4-2-3-5-15(14)23/h2-5,13H,6-12H2,1H3,(H,21,25)(H,22,24)(H,27,28). The topological polar surface area (TPSA) is 116 Å². The van der Waals surface area contributed by atoms with Gasteiger partial charge in [0.15, 0.2) is 0 Å². The van der Waals surface area contributed by atoms with Crippen molar-refractivity contribution < 1.29 is 24.3 Å². The lowest BCUT2D eigenvalue weighted by molar-refractivity contribution is -0.149. The maximum atomic E-state index is 12.6. The summed E-state index contributed by atoms with van der Waals surface area (Å²) in [6.45, 7) is 1.97. The van der Waals surface area contributed by atoms with E-state index in [0.717, 1.165) is 12.8 Å². The van der Waals surface area contributed by atoms with Gasteiger partial charge in [0.1, 0.15) is 12.1 Å². The lowest BCUT2D eigenvalue weighted by Crippen LogP contribution is -2.56. The second-order valence-corrected chi connectivity index (χ2v) is 7.66. The second-order valence-electron chi connectivity index (χ2n) is 7.66. The number of para-hydroxylation sites is 2. The lowest BCUT2D eigenvalue weighted by atomic mass is 9.77. The van der Waals surface area contributed by atoms with Gasteiger partial charge in [0.2, 0.25) is 17.7 Å². The van der Waals surface area contributed by atoms with Gasteiger partial charge < -0.3 is 20.6 Å². The molecule has 0 atom stereocenters. The van der Waals surface area contributed by atoms with Gasteiger partial charge in [-0.2, -0.15) is 0 Å². The van der Waals surface area contributed by atoms with Crippen molar-refractivity contribution in [2.75, 3.05) is 16.8 Å². The van der Waals surface area contributed by atoms with Crippen LogP contribution in [0.2, 0.25) is 0 Å².